The monoisotopic (exact) mass is 209 g/mol. The number of hydrogen-bond acceptors (Lipinski definition) is 1. The zero-order chi connectivity index (χ0) is 11.1. The van der Waals surface area contributed by atoms with E-state index in [1.807, 2.05) is 0 Å². The van der Waals surface area contributed by atoms with Crippen LogP contribution in [0.3, 0.4) is 0 Å². The quantitative estimate of drug-likeness (QED) is 0.748. The van der Waals surface area contributed by atoms with E-state index in [0.29, 0.717) is 10.8 Å². The molecule has 2 aliphatic carbocycles. The molecule has 0 amide bonds. The van der Waals surface area contributed by atoms with Gasteiger partial charge in [-0.3, -0.25) is 0 Å². The Kier molecular flexibility index (Phi) is 2.87. The Bertz CT molecular complexity index is 209. The Morgan fingerprint density at radius 1 is 0.933 bits per heavy atom. The Labute approximate surface area is 95.0 Å². The summed E-state index contributed by atoms with van der Waals surface area (Å²) in [4.78, 5) is 0. The van der Waals surface area contributed by atoms with Crippen LogP contribution in [-0.4, -0.2) is 13.1 Å². The molecule has 0 aromatic heterocycles. The van der Waals surface area contributed by atoms with Gasteiger partial charge in [0.15, 0.2) is 0 Å². The molecule has 0 aromatic carbocycles. The Hall–Kier alpha value is -0.0400. The van der Waals surface area contributed by atoms with E-state index < -0.39 is 0 Å². The van der Waals surface area contributed by atoms with E-state index in [4.69, 9.17) is 0 Å². The summed E-state index contributed by atoms with van der Waals surface area (Å²) in [5.41, 5.74) is 1.10. The van der Waals surface area contributed by atoms with Crippen LogP contribution in [0, 0.1) is 22.7 Å². The second-order valence-corrected chi connectivity index (χ2v) is 6.80. The van der Waals surface area contributed by atoms with Crippen molar-refractivity contribution in [2.75, 3.05) is 13.1 Å². The van der Waals surface area contributed by atoms with Crippen molar-refractivity contribution in [3.8, 4) is 0 Å². The van der Waals surface area contributed by atoms with E-state index in [2.05, 4.69) is 33.0 Å². The molecule has 0 bridgehead atoms. The molecule has 0 unspecified atom stereocenters. The van der Waals surface area contributed by atoms with Crippen LogP contribution in [0.15, 0.2) is 0 Å². The van der Waals surface area contributed by atoms with Crippen LogP contribution in [-0.2, 0) is 0 Å². The summed E-state index contributed by atoms with van der Waals surface area (Å²) < 4.78 is 0. The minimum absolute atomic E-state index is 0.551. The largest absolute Gasteiger partial charge is 0.316 e. The molecule has 2 saturated carbocycles. The lowest BCUT2D eigenvalue weighted by Gasteiger charge is -2.11. The predicted molar refractivity (Wildman–Crippen MR) is 65.9 cm³/mol. The summed E-state index contributed by atoms with van der Waals surface area (Å²) in [5.74, 6) is 1.86. The zero-order valence-electron chi connectivity index (χ0n) is 10.9. The first kappa shape index (κ1) is 11.4. The molecule has 2 rings (SSSR count). The van der Waals surface area contributed by atoms with Gasteiger partial charge >= 0.3 is 0 Å². The van der Waals surface area contributed by atoms with Crippen molar-refractivity contribution in [3.05, 3.63) is 0 Å². The summed E-state index contributed by atoms with van der Waals surface area (Å²) in [6.45, 7) is 12.1. The summed E-state index contributed by atoms with van der Waals surface area (Å²) in [7, 11) is 0. The van der Waals surface area contributed by atoms with Crippen molar-refractivity contribution >= 4 is 0 Å². The average molecular weight is 209 g/mol. The number of nitrogens with one attached hydrogen (secondary N) is 1. The van der Waals surface area contributed by atoms with E-state index in [-0.39, 0.29) is 0 Å². The number of hydrogen-bond donors (Lipinski definition) is 1. The van der Waals surface area contributed by atoms with Crippen molar-refractivity contribution in [3.63, 3.8) is 0 Å². The van der Waals surface area contributed by atoms with Crippen molar-refractivity contribution in [2.24, 2.45) is 22.7 Å². The van der Waals surface area contributed by atoms with Crippen LogP contribution in [0.4, 0.5) is 0 Å². The Morgan fingerprint density at radius 2 is 1.47 bits per heavy atom. The standard InChI is InChI=1S/C14H27N/c1-13(2)12(14(13,3)4)10-15-9-11-7-5-6-8-11/h11-12,15H,5-10H2,1-4H3. The molecule has 0 spiro atoms. The van der Waals surface area contributed by atoms with Gasteiger partial charge in [0.2, 0.25) is 0 Å². The van der Waals surface area contributed by atoms with Crippen molar-refractivity contribution in [1.82, 2.24) is 5.32 Å². The lowest BCUT2D eigenvalue weighted by atomic mass is 10.0. The topological polar surface area (TPSA) is 12.0 Å². The lowest BCUT2D eigenvalue weighted by Crippen LogP contribution is -2.25. The van der Waals surface area contributed by atoms with E-state index in [1.165, 1.54) is 38.8 Å². The summed E-state index contributed by atoms with van der Waals surface area (Å²) in [5, 5.41) is 3.70. The first-order valence-electron chi connectivity index (χ1n) is 6.67. The van der Waals surface area contributed by atoms with Gasteiger partial charge in [-0.05, 0) is 48.6 Å². The minimum atomic E-state index is 0.551. The molecule has 15 heavy (non-hydrogen) atoms. The van der Waals surface area contributed by atoms with Crippen LogP contribution in [0.2, 0.25) is 0 Å². The molecular weight excluding hydrogens is 182 g/mol. The fourth-order valence-corrected chi connectivity index (χ4v) is 3.49. The maximum absolute atomic E-state index is 3.70. The lowest BCUT2D eigenvalue weighted by molar-refractivity contribution is 0.456. The van der Waals surface area contributed by atoms with E-state index >= 15 is 0 Å². The van der Waals surface area contributed by atoms with Gasteiger partial charge in [-0.15, -0.1) is 0 Å². The summed E-state index contributed by atoms with van der Waals surface area (Å²) in [6, 6.07) is 0. The molecule has 0 aromatic rings. The van der Waals surface area contributed by atoms with Gasteiger partial charge in [-0.25, -0.2) is 0 Å². The van der Waals surface area contributed by atoms with Crippen molar-refractivity contribution < 1.29 is 0 Å². The van der Waals surface area contributed by atoms with Gasteiger partial charge in [-0.2, -0.15) is 0 Å². The molecule has 0 heterocycles. The zero-order valence-corrected chi connectivity index (χ0v) is 10.9. The molecule has 0 radical (unpaired) electrons. The highest BCUT2D eigenvalue weighted by atomic mass is 14.9. The average Bonchev–Trinajstić information content (AvgIpc) is 2.62. The minimum Gasteiger partial charge on any atom is -0.316 e. The van der Waals surface area contributed by atoms with Crippen LogP contribution in [0.25, 0.3) is 0 Å². The smallest absolute Gasteiger partial charge is 0.000977 e. The molecule has 2 aliphatic rings. The van der Waals surface area contributed by atoms with Gasteiger partial charge in [-0.1, -0.05) is 40.5 Å². The van der Waals surface area contributed by atoms with Gasteiger partial charge in [0.1, 0.15) is 0 Å². The fourth-order valence-electron chi connectivity index (χ4n) is 3.49. The molecule has 88 valence electrons. The van der Waals surface area contributed by atoms with Crippen molar-refractivity contribution in [2.45, 2.75) is 53.4 Å². The highest BCUT2D eigenvalue weighted by Crippen LogP contribution is 2.67. The third-order valence-corrected chi connectivity index (χ3v) is 5.58. The second-order valence-electron chi connectivity index (χ2n) is 6.80. The first-order valence-corrected chi connectivity index (χ1v) is 6.67. The maximum Gasteiger partial charge on any atom is -0.000977 e. The van der Waals surface area contributed by atoms with Gasteiger partial charge < -0.3 is 5.32 Å². The molecule has 1 heteroatoms. The van der Waals surface area contributed by atoms with Gasteiger partial charge in [0.05, 0.1) is 0 Å². The molecule has 0 saturated heterocycles. The highest BCUT2D eigenvalue weighted by molar-refractivity contribution is 5.12. The van der Waals surface area contributed by atoms with Crippen LogP contribution in [0.5, 0.6) is 0 Å². The summed E-state index contributed by atoms with van der Waals surface area (Å²) in [6.07, 6.45) is 5.86. The van der Waals surface area contributed by atoms with Gasteiger partial charge in [0.25, 0.3) is 0 Å². The highest BCUT2D eigenvalue weighted by Gasteiger charge is 2.63. The normalized spacial score (nSPS) is 29.6. The van der Waals surface area contributed by atoms with Crippen LogP contribution >= 0.6 is 0 Å². The Balaban J connectivity index is 1.67. The van der Waals surface area contributed by atoms with Crippen molar-refractivity contribution in [1.29, 1.82) is 0 Å². The molecule has 1 N–H and O–H groups in total. The molecular formula is C14H27N. The Morgan fingerprint density at radius 3 is 1.93 bits per heavy atom. The predicted octanol–water partition coefficient (Wildman–Crippen LogP) is 3.45. The molecule has 1 nitrogen and oxygen atoms in total. The molecule has 0 aliphatic heterocycles. The SMILES string of the molecule is CC1(C)C(CNCC2CCCC2)C1(C)C. The van der Waals surface area contributed by atoms with Gasteiger partial charge in [0, 0.05) is 0 Å². The molecule has 2 fully saturated rings. The fraction of sp³-hybridized carbons (Fsp3) is 1.00. The van der Waals surface area contributed by atoms with E-state index in [0.717, 1.165) is 11.8 Å². The second kappa shape index (κ2) is 3.76. The van der Waals surface area contributed by atoms with E-state index in [1.54, 1.807) is 0 Å². The number of rotatable bonds is 4. The maximum atomic E-state index is 3.70. The third-order valence-electron chi connectivity index (χ3n) is 5.58. The summed E-state index contributed by atoms with van der Waals surface area (Å²) >= 11 is 0. The van der Waals surface area contributed by atoms with E-state index in [9.17, 15) is 0 Å². The first-order chi connectivity index (χ1) is 6.96. The molecule has 0 atom stereocenters. The van der Waals surface area contributed by atoms with Crippen LogP contribution in [0.1, 0.15) is 53.4 Å². The van der Waals surface area contributed by atoms with Crippen LogP contribution < -0.4 is 5.32 Å². The third kappa shape index (κ3) is 1.95.